The Morgan fingerprint density at radius 1 is 1.27 bits per heavy atom. The zero-order chi connectivity index (χ0) is 11.0. The van der Waals surface area contributed by atoms with Gasteiger partial charge in [0.15, 0.2) is 0 Å². The second kappa shape index (κ2) is 4.12. The monoisotopic (exact) mass is 211 g/mol. The van der Waals surface area contributed by atoms with Gasteiger partial charge in [-0.05, 0) is 44.2 Å². The highest BCUT2D eigenvalue weighted by atomic mass is 16.4. The Kier molecular flexibility index (Phi) is 3.01. The van der Waals surface area contributed by atoms with E-state index in [4.69, 9.17) is 0 Å². The van der Waals surface area contributed by atoms with Gasteiger partial charge in [0, 0.05) is 6.04 Å². The lowest BCUT2D eigenvalue weighted by molar-refractivity contribution is -0.146. The van der Waals surface area contributed by atoms with E-state index in [1.165, 1.54) is 6.42 Å². The first-order valence-corrected chi connectivity index (χ1v) is 6.15. The van der Waals surface area contributed by atoms with Gasteiger partial charge in [-0.2, -0.15) is 0 Å². The first-order valence-electron chi connectivity index (χ1n) is 6.15. The Balaban J connectivity index is 2.17. The molecule has 15 heavy (non-hydrogen) atoms. The van der Waals surface area contributed by atoms with Crippen LogP contribution in [0.4, 0.5) is 0 Å². The Morgan fingerprint density at radius 3 is 2.40 bits per heavy atom. The Morgan fingerprint density at radius 2 is 1.87 bits per heavy atom. The maximum Gasteiger partial charge on any atom is 0.308 e. The van der Waals surface area contributed by atoms with E-state index in [2.05, 4.69) is 18.7 Å². The van der Waals surface area contributed by atoms with Crippen LogP contribution in [0.2, 0.25) is 0 Å². The molecule has 4 atom stereocenters. The molecule has 4 unspecified atom stereocenters. The summed E-state index contributed by atoms with van der Waals surface area (Å²) in [5, 5.41) is 9.32. The van der Waals surface area contributed by atoms with Crippen LogP contribution in [0.5, 0.6) is 0 Å². The second-order valence-corrected chi connectivity index (χ2v) is 4.91. The number of rotatable bonds is 4. The molecule has 3 heteroatoms. The molecule has 0 radical (unpaired) electrons. The zero-order valence-corrected chi connectivity index (χ0v) is 9.65. The average Bonchev–Trinajstić information content (AvgIpc) is 2.79. The van der Waals surface area contributed by atoms with Crippen LogP contribution in [0.3, 0.4) is 0 Å². The van der Waals surface area contributed by atoms with Crippen LogP contribution in [0.1, 0.15) is 33.1 Å². The van der Waals surface area contributed by atoms with Crippen molar-refractivity contribution in [1.29, 1.82) is 0 Å². The maximum absolute atomic E-state index is 11.3. The van der Waals surface area contributed by atoms with E-state index >= 15 is 0 Å². The molecule has 0 heterocycles. The van der Waals surface area contributed by atoms with Crippen LogP contribution in [-0.4, -0.2) is 35.1 Å². The van der Waals surface area contributed by atoms with Gasteiger partial charge in [0.1, 0.15) is 0 Å². The summed E-state index contributed by atoms with van der Waals surface area (Å²) in [4.78, 5) is 13.7. The van der Waals surface area contributed by atoms with E-state index in [-0.39, 0.29) is 5.92 Å². The van der Waals surface area contributed by atoms with Gasteiger partial charge < -0.3 is 5.11 Å². The van der Waals surface area contributed by atoms with Gasteiger partial charge in [0.25, 0.3) is 0 Å². The van der Waals surface area contributed by atoms with Gasteiger partial charge in [-0.1, -0.05) is 13.8 Å². The highest BCUT2D eigenvalue weighted by molar-refractivity contribution is 5.72. The van der Waals surface area contributed by atoms with Crippen molar-refractivity contribution >= 4 is 5.97 Å². The third kappa shape index (κ3) is 1.67. The van der Waals surface area contributed by atoms with Crippen LogP contribution in [0.15, 0.2) is 0 Å². The van der Waals surface area contributed by atoms with Crippen molar-refractivity contribution in [3.05, 3.63) is 0 Å². The molecule has 0 aromatic carbocycles. The molecule has 2 saturated carbocycles. The molecule has 2 rings (SSSR count). The Labute approximate surface area is 91.5 Å². The standard InChI is InChI=1S/C12H21NO2/c1-3-13(4-2)11-9-6-5-8(7-9)10(11)12(14)15/h8-11H,3-7H2,1-2H3,(H,14,15). The van der Waals surface area contributed by atoms with E-state index in [0.29, 0.717) is 17.9 Å². The van der Waals surface area contributed by atoms with Gasteiger partial charge in [0.2, 0.25) is 0 Å². The number of hydrogen-bond acceptors (Lipinski definition) is 2. The molecule has 2 aliphatic carbocycles. The number of carbonyl (C=O) groups is 1. The lowest BCUT2D eigenvalue weighted by atomic mass is 9.83. The van der Waals surface area contributed by atoms with Crippen molar-refractivity contribution in [3.63, 3.8) is 0 Å². The lowest BCUT2D eigenvalue weighted by Gasteiger charge is -2.36. The summed E-state index contributed by atoms with van der Waals surface area (Å²) in [5.41, 5.74) is 0. The van der Waals surface area contributed by atoms with Gasteiger partial charge in [-0.25, -0.2) is 0 Å². The number of carboxylic acids is 1. The predicted molar refractivity (Wildman–Crippen MR) is 58.7 cm³/mol. The molecule has 2 fully saturated rings. The van der Waals surface area contributed by atoms with Crippen LogP contribution in [-0.2, 0) is 4.79 Å². The second-order valence-electron chi connectivity index (χ2n) is 4.91. The van der Waals surface area contributed by atoms with Crippen molar-refractivity contribution in [3.8, 4) is 0 Å². The molecule has 0 aliphatic heterocycles. The number of aliphatic carboxylic acids is 1. The molecular weight excluding hydrogens is 190 g/mol. The van der Waals surface area contributed by atoms with Crippen molar-refractivity contribution in [2.75, 3.05) is 13.1 Å². The van der Waals surface area contributed by atoms with Crippen LogP contribution >= 0.6 is 0 Å². The lowest BCUT2D eigenvalue weighted by Crippen LogP contribution is -2.46. The minimum absolute atomic E-state index is 0.0938. The molecule has 0 spiro atoms. The van der Waals surface area contributed by atoms with E-state index in [1.54, 1.807) is 0 Å². The third-order valence-corrected chi connectivity index (χ3v) is 4.39. The molecule has 2 aliphatic rings. The van der Waals surface area contributed by atoms with Crippen molar-refractivity contribution in [2.24, 2.45) is 17.8 Å². The summed E-state index contributed by atoms with van der Waals surface area (Å²) < 4.78 is 0. The Hall–Kier alpha value is -0.570. The molecule has 0 aromatic heterocycles. The van der Waals surface area contributed by atoms with Gasteiger partial charge >= 0.3 is 5.97 Å². The van der Waals surface area contributed by atoms with Gasteiger partial charge in [-0.15, -0.1) is 0 Å². The number of fused-ring (bicyclic) bond motifs is 2. The summed E-state index contributed by atoms with van der Waals surface area (Å²) in [7, 11) is 0. The fraction of sp³-hybridized carbons (Fsp3) is 0.917. The molecule has 3 nitrogen and oxygen atoms in total. The normalized spacial score (nSPS) is 38.9. The maximum atomic E-state index is 11.3. The Bertz CT molecular complexity index is 250. The van der Waals surface area contributed by atoms with Crippen LogP contribution in [0.25, 0.3) is 0 Å². The quantitative estimate of drug-likeness (QED) is 0.771. The smallest absolute Gasteiger partial charge is 0.308 e. The molecule has 0 aromatic rings. The van der Waals surface area contributed by atoms with Crippen molar-refractivity contribution in [2.45, 2.75) is 39.2 Å². The van der Waals surface area contributed by atoms with E-state index in [0.717, 1.165) is 25.9 Å². The minimum Gasteiger partial charge on any atom is -0.481 e. The number of nitrogens with zero attached hydrogens (tertiary/aromatic N) is 1. The van der Waals surface area contributed by atoms with E-state index in [9.17, 15) is 9.90 Å². The number of hydrogen-bond donors (Lipinski definition) is 1. The fourth-order valence-electron chi connectivity index (χ4n) is 3.78. The van der Waals surface area contributed by atoms with Crippen molar-refractivity contribution in [1.82, 2.24) is 4.90 Å². The topological polar surface area (TPSA) is 40.5 Å². The van der Waals surface area contributed by atoms with Crippen LogP contribution < -0.4 is 0 Å². The highest BCUT2D eigenvalue weighted by Gasteiger charge is 2.52. The molecular formula is C12H21NO2. The average molecular weight is 211 g/mol. The first kappa shape index (κ1) is 10.9. The summed E-state index contributed by atoms with van der Waals surface area (Å²) >= 11 is 0. The minimum atomic E-state index is -0.570. The molecule has 0 saturated heterocycles. The summed E-state index contributed by atoms with van der Waals surface area (Å²) in [6.45, 7) is 6.23. The molecule has 0 amide bonds. The highest BCUT2D eigenvalue weighted by Crippen LogP contribution is 2.50. The summed E-state index contributed by atoms with van der Waals surface area (Å²) in [5.74, 6) is 0.442. The summed E-state index contributed by atoms with van der Waals surface area (Å²) in [6, 6.07) is 0.316. The largest absolute Gasteiger partial charge is 0.481 e. The SMILES string of the molecule is CCN(CC)C1C2CCC(C2)C1C(=O)O. The van der Waals surface area contributed by atoms with Gasteiger partial charge in [0.05, 0.1) is 5.92 Å². The van der Waals surface area contributed by atoms with E-state index < -0.39 is 5.97 Å². The molecule has 2 bridgehead atoms. The first-order chi connectivity index (χ1) is 7.19. The zero-order valence-electron chi connectivity index (χ0n) is 9.65. The fourth-order valence-corrected chi connectivity index (χ4v) is 3.78. The third-order valence-electron chi connectivity index (χ3n) is 4.39. The van der Waals surface area contributed by atoms with Gasteiger partial charge in [-0.3, -0.25) is 9.69 Å². The predicted octanol–water partition coefficient (Wildman–Crippen LogP) is 1.83. The molecule has 1 N–H and O–H groups in total. The summed E-state index contributed by atoms with van der Waals surface area (Å²) in [6.07, 6.45) is 3.53. The van der Waals surface area contributed by atoms with Crippen molar-refractivity contribution < 1.29 is 9.90 Å². The number of carboxylic acid groups (broad SMARTS) is 1. The van der Waals surface area contributed by atoms with E-state index in [1.807, 2.05) is 0 Å². The van der Waals surface area contributed by atoms with Crippen LogP contribution in [0, 0.1) is 17.8 Å². The molecule has 86 valence electrons.